The minimum Gasteiger partial charge on any atom is -0.360 e. The van der Waals surface area contributed by atoms with E-state index in [1.807, 2.05) is 0 Å². The Labute approximate surface area is 117 Å². The molecule has 0 bridgehead atoms. The van der Waals surface area contributed by atoms with Crippen molar-refractivity contribution in [2.45, 2.75) is 12.7 Å². The van der Waals surface area contributed by atoms with Gasteiger partial charge in [0, 0.05) is 6.07 Å². The molecular weight excluding hydrogens is 289 g/mol. The predicted molar refractivity (Wildman–Crippen MR) is 66.9 cm³/mol. The second-order valence-corrected chi connectivity index (χ2v) is 4.06. The fraction of sp³-hybridized carbons (Fsp3) is 0.167. The molecule has 0 aliphatic rings. The molecule has 0 spiro atoms. The number of anilines is 1. The number of rotatable bonds is 4. The van der Waals surface area contributed by atoms with Gasteiger partial charge in [-0.2, -0.15) is 13.2 Å². The van der Waals surface area contributed by atoms with Crippen LogP contribution in [-0.2, 0) is 12.7 Å². The third-order valence-corrected chi connectivity index (χ3v) is 2.66. The molecule has 4 N–H and O–H groups in total. The molecule has 0 aliphatic heterocycles. The number of hydrazine groups is 1. The summed E-state index contributed by atoms with van der Waals surface area (Å²) in [6, 6.07) is 4.17. The van der Waals surface area contributed by atoms with Crippen molar-refractivity contribution < 1.29 is 22.5 Å². The van der Waals surface area contributed by atoms with E-state index in [1.165, 1.54) is 12.3 Å². The molecule has 0 saturated heterocycles. The highest BCUT2D eigenvalue weighted by Crippen LogP contribution is 2.31. The lowest BCUT2D eigenvalue weighted by molar-refractivity contribution is -0.137. The first kappa shape index (κ1) is 14.9. The molecule has 1 aromatic heterocycles. The van der Waals surface area contributed by atoms with Crippen molar-refractivity contribution in [2.75, 3.05) is 5.43 Å². The van der Waals surface area contributed by atoms with Crippen LogP contribution in [0, 0.1) is 0 Å². The first-order valence-electron chi connectivity index (χ1n) is 5.77. The Bertz CT molecular complexity index is 626. The van der Waals surface area contributed by atoms with E-state index in [4.69, 9.17) is 10.4 Å². The first-order chi connectivity index (χ1) is 9.91. The molecule has 0 aliphatic carbocycles. The normalized spacial score (nSPS) is 11.2. The van der Waals surface area contributed by atoms with Crippen molar-refractivity contribution in [3.8, 4) is 0 Å². The monoisotopic (exact) mass is 300 g/mol. The molecule has 6 nitrogen and oxygen atoms in total. The van der Waals surface area contributed by atoms with E-state index in [1.54, 1.807) is 0 Å². The molecule has 1 heterocycles. The van der Waals surface area contributed by atoms with Crippen LogP contribution in [0.15, 0.2) is 35.0 Å². The van der Waals surface area contributed by atoms with Crippen LogP contribution in [0.5, 0.6) is 0 Å². The van der Waals surface area contributed by atoms with Gasteiger partial charge in [0.1, 0.15) is 0 Å². The largest absolute Gasteiger partial charge is 0.416 e. The standard InChI is InChI=1S/C12H11F3N4O2/c13-12(14,15)7-1-2-10(19-16)9(5-7)11(20)17-6-8-3-4-18-21-8/h1-5,19H,6,16H2,(H,17,20). The number of nitrogen functional groups attached to an aromatic ring is 1. The number of hydrogen-bond donors (Lipinski definition) is 3. The zero-order valence-corrected chi connectivity index (χ0v) is 10.6. The SMILES string of the molecule is NNc1ccc(C(F)(F)F)cc1C(=O)NCc1ccno1. The van der Waals surface area contributed by atoms with Gasteiger partial charge in [0.2, 0.25) is 0 Å². The van der Waals surface area contributed by atoms with E-state index in [0.717, 1.165) is 18.2 Å². The van der Waals surface area contributed by atoms with Crippen molar-refractivity contribution in [3.05, 3.63) is 47.3 Å². The maximum Gasteiger partial charge on any atom is 0.416 e. The fourth-order valence-electron chi connectivity index (χ4n) is 1.63. The number of nitrogens with one attached hydrogen (secondary N) is 2. The highest BCUT2D eigenvalue weighted by molar-refractivity contribution is 5.99. The second kappa shape index (κ2) is 5.83. The van der Waals surface area contributed by atoms with Gasteiger partial charge in [0.15, 0.2) is 5.76 Å². The van der Waals surface area contributed by atoms with E-state index < -0.39 is 17.6 Å². The molecule has 0 atom stereocenters. The summed E-state index contributed by atoms with van der Waals surface area (Å²) in [5, 5.41) is 5.86. The van der Waals surface area contributed by atoms with Crippen molar-refractivity contribution in [1.29, 1.82) is 0 Å². The molecule has 0 saturated carbocycles. The fourth-order valence-corrected chi connectivity index (χ4v) is 1.63. The number of alkyl halides is 3. The molecule has 0 unspecified atom stereocenters. The summed E-state index contributed by atoms with van der Waals surface area (Å²) in [4.78, 5) is 12.0. The number of halogens is 3. The van der Waals surface area contributed by atoms with Gasteiger partial charge in [-0.1, -0.05) is 5.16 Å². The van der Waals surface area contributed by atoms with Crippen LogP contribution in [0.1, 0.15) is 21.7 Å². The molecule has 2 rings (SSSR count). The Morgan fingerprint density at radius 2 is 2.10 bits per heavy atom. The minimum atomic E-state index is -4.55. The third-order valence-electron chi connectivity index (χ3n) is 2.66. The lowest BCUT2D eigenvalue weighted by Crippen LogP contribution is -2.25. The molecule has 21 heavy (non-hydrogen) atoms. The number of aromatic nitrogens is 1. The van der Waals surface area contributed by atoms with E-state index in [-0.39, 0.29) is 17.8 Å². The third kappa shape index (κ3) is 3.51. The molecule has 0 radical (unpaired) electrons. The number of hydrogen-bond acceptors (Lipinski definition) is 5. The summed E-state index contributed by atoms with van der Waals surface area (Å²) in [6.45, 7) is -0.000903. The number of benzene rings is 1. The molecule has 1 amide bonds. The predicted octanol–water partition coefficient (Wildman–Crippen LogP) is 1.91. The summed E-state index contributed by atoms with van der Waals surface area (Å²) < 4.78 is 42.8. The van der Waals surface area contributed by atoms with Crippen LogP contribution in [0.2, 0.25) is 0 Å². The van der Waals surface area contributed by atoms with Gasteiger partial charge in [0.05, 0.1) is 29.6 Å². The highest BCUT2D eigenvalue weighted by atomic mass is 19.4. The van der Waals surface area contributed by atoms with Gasteiger partial charge >= 0.3 is 6.18 Å². The lowest BCUT2D eigenvalue weighted by atomic mass is 10.1. The summed E-state index contributed by atoms with van der Waals surface area (Å²) in [7, 11) is 0. The van der Waals surface area contributed by atoms with Crippen molar-refractivity contribution in [1.82, 2.24) is 10.5 Å². The van der Waals surface area contributed by atoms with Crippen LogP contribution >= 0.6 is 0 Å². The van der Waals surface area contributed by atoms with Crippen LogP contribution in [-0.4, -0.2) is 11.1 Å². The molecular formula is C12H11F3N4O2. The first-order valence-corrected chi connectivity index (χ1v) is 5.77. The van der Waals surface area contributed by atoms with Crippen LogP contribution in [0.25, 0.3) is 0 Å². The number of amides is 1. The van der Waals surface area contributed by atoms with Crippen LogP contribution in [0.4, 0.5) is 18.9 Å². The summed E-state index contributed by atoms with van der Waals surface area (Å²) in [5.41, 5.74) is 1.11. The number of nitrogens with zero attached hydrogens (tertiary/aromatic N) is 1. The van der Waals surface area contributed by atoms with Crippen molar-refractivity contribution >= 4 is 11.6 Å². The van der Waals surface area contributed by atoms with Gasteiger partial charge in [0.25, 0.3) is 5.91 Å². The Morgan fingerprint density at radius 1 is 1.33 bits per heavy atom. The quantitative estimate of drug-likeness (QED) is 0.592. The number of carbonyl (C=O) groups is 1. The Morgan fingerprint density at radius 3 is 2.67 bits per heavy atom. The van der Waals surface area contributed by atoms with E-state index in [9.17, 15) is 18.0 Å². The van der Waals surface area contributed by atoms with Gasteiger partial charge in [-0.3, -0.25) is 10.6 Å². The van der Waals surface area contributed by atoms with Gasteiger partial charge < -0.3 is 15.3 Å². The zero-order chi connectivity index (χ0) is 15.5. The topological polar surface area (TPSA) is 93.2 Å². The summed E-state index contributed by atoms with van der Waals surface area (Å²) >= 11 is 0. The van der Waals surface area contributed by atoms with Crippen LogP contribution < -0.4 is 16.6 Å². The molecule has 1 aromatic carbocycles. The highest BCUT2D eigenvalue weighted by Gasteiger charge is 2.31. The number of nitrogens with two attached hydrogens (primary N) is 1. The second-order valence-electron chi connectivity index (χ2n) is 4.06. The van der Waals surface area contributed by atoms with E-state index >= 15 is 0 Å². The molecule has 9 heteroatoms. The maximum absolute atomic E-state index is 12.7. The Hall–Kier alpha value is -2.55. The lowest BCUT2D eigenvalue weighted by Gasteiger charge is -2.12. The Kier molecular flexibility index (Phi) is 4.13. The van der Waals surface area contributed by atoms with Crippen molar-refractivity contribution in [2.24, 2.45) is 5.84 Å². The number of carbonyl (C=O) groups excluding carboxylic acids is 1. The summed E-state index contributed by atoms with van der Waals surface area (Å²) in [6.07, 6.45) is -3.16. The minimum absolute atomic E-state index is 0.000903. The van der Waals surface area contributed by atoms with Crippen molar-refractivity contribution in [3.63, 3.8) is 0 Å². The zero-order valence-electron chi connectivity index (χ0n) is 10.6. The Balaban J connectivity index is 2.21. The molecule has 2 aromatic rings. The van der Waals surface area contributed by atoms with Gasteiger partial charge in [-0.15, -0.1) is 0 Å². The molecule has 0 fully saturated rings. The van der Waals surface area contributed by atoms with E-state index in [2.05, 4.69) is 15.9 Å². The van der Waals surface area contributed by atoms with E-state index in [0.29, 0.717) is 5.76 Å². The summed E-state index contributed by atoms with van der Waals surface area (Å²) in [5.74, 6) is 4.85. The van der Waals surface area contributed by atoms with Gasteiger partial charge in [-0.25, -0.2) is 0 Å². The van der Waals surface area contributed by atoms with Gasteiger partial charge in [-0.05, 0) is 18.2 Å². The smallest absolute Gasteiger partial charge is 0.360 e. The average Bonchev–Trinajstić information content (AvgIpc) is 2.96. The average molecular weight is 300 g/mol. The maximum atomic E-state index is 12.7. The van der Waals surface area contributed by atoms with Crippen LogP contribution in [0.3, 0.4) is 0 Å². The molecule has 112 valence electrons.